The molecule has 0 radical (unpaired) electrons. The van der Waals surface area contributed by atoms with Crippen molar-refractivity contribution >= 4 is 10.8 Å². The van der Waals surface area contributed by atoms with Gasteiger partial charge >= 0.3 is 0 Å². The SMILES string of the molecule is COCOc1ccc2c(C(C)(C)C)cccc2c1. The van der Waals surface area contributed by atoms with Crippen LogP contribution < -0.4 is 4.74 Å². The average Bonchev–Trinajstić information content (AvgIpc) is 2.34. The number of fused-ring (bicyclic) bond motifs is 1. The quantitative estimate of drug-likeness (QED) is 0.756. The highest BCUT2D eigenvalue weighted by Crippen LogP contribution is 2.31. The molecule has 0 aliphatic heterocycles. The van der Waals surface area contributed by atoms with Crippen LogP contribution in [0.2, 0.25) is 0 Å². The third-order valence-corrected chi connectivity index (χ3v) is 3.00. The van der Waals surface area contributed by atoms with Crippen LogP contribution in [0.15, 0.2) is 36.4 Å². The third-order valence-electron chi connectivity index (χ3n) is 3.00. The highest BCUT2D eigenvalue weighted by Gasteiger charge is 2.16. The molecular formula is C16H20O2. The maximum absolute atomic E-state index is 5.47. The van der Waals surface area contributed by atoms with Gasteiger partial charge in [0, 0.05) is 7.11 Å². The summed E-state index contributed by atoms with van der Waals surface area (Å²) in [4.78, 5) is 0. The Morgan fingerprint density at radius 1 is 1.06 bits per heavy atom. The number of methoxy groups -OCH3 is 1. The number of hydrogen-bond acceptors (Lipinski definition) is 2. The van der Waals surface area contributed by atoms with Crippen LogP contribution in [0.5, 0.6) is 5.75 Å². The van der Waals surface area contributed by atoms with Crippen molar-refractivity contribution in [3.05, 3.63) is 42.0 Å². The zero-order chi connectivity index (χ0) is 13.2. The monoisotopic (exact) mass is 244 g/mol. The van der Waals surface area contributed by atoms with E-state index in [1.54, 1.807) is 7.11 Å². The molecule has 0 aliphatic carbocycles. The van der Waals surface area contributed by atoms with E-state index in [2.05, 4.69) is 51.1 Å². The van der Waals surface area contributed by atoms with Crippen molar-refractivity contribution in [3.63, 3.8) is 0 Å². The van der Waals surface area contributed by atoms with Crippen LogP contribution in [-0.2, 0) is 10.2 Å². The molecule has 0 spiro atoms. The van der Waals surface area contributed by atoms with Crippen LogP contribution in [0.1, 0.15) is 26.3 Å². The number of ether oxygens (including phenoxy) is 2. The van der Waals surface area contributed by atoms with Crippen molar-refractivity contribution in [2.24, 2.45) is 0 Å². The predicted molar refractivity (Wildman–Crippen MR) is 75.2 cm³/mol. The van der Waals surface area contributed by atoms with Crippen molar-refractivity contribution in [3.8, 4) is 5.75 Å². The van der Waals surface area contributed by atoms with Gasteiger partial charge < -0.3 is 9.47 Å². The largest absolute Gasteiger partial charge is 0.468 e. The van der Waals surface area contributed by atoms with Gasteiger partial charge in [0.05, 0.1) is 0 Å². The van der Waals surface area contributed by atoms with E-state index in [1.807, 2.05) is 6.07 Å². The van der Waals surface area contributed by atoms with Crippen LogP contribution in [-0.4, -0.2) is 13.9 Å². The highest BCUT2D eigenvalue weighted by molar-refractivity contribution is 5.87. The van der Waals surface area contributed by atoms with Gasteiger partial charge in [-0.05, 0) is 33.9 Å². The molecule has 0 amide bonds. The van der Waals surface area contributed by atoms with Crippen LogP contribution in [0.3, 0.4) is 0 Å². The standard InChI is InChI=1S/C16H20O2/c1-16(2,3)15-7-5-6-12-10-13(18-11-17-4)8-9-14(12)15/h5-10H,11H2,1-4H3. The Kier molecular flexibility index (Phi) is 3.58. The first-order valence-electron chi connectivity index (χ1n) is 6.17. The molecule has 96 valence electrons. The predicted octanol–water partition coefficient (Wildman–Crippen LogP) is 4.12. The van der Waals surface area contributed by atoms with Crippen molar-refractivity contribution in [2.75, 3.05) is 13.9 Å². The van der Waals surface area contributed by atoms with E-state index < -0.39 is 0 Å². The zero-order valence-corrected chi connectivity index (χ0v) is 11.5. The number of rotatable bonds is 3. The Hall–Kier alpha value is -1.54. The molecular weight excluding hydrogens is 224 g/mol. The molecule has 0 heterocycles. The summed E-state index contributed by atoms with van der Waals surface area (Å²) in [6.45, 7) is 6.98. The Bertz CT molecular complexity index is 538. The lowest BCUT2D eigenvalue weighted by atomic mass is 9.84. The second-order valence-electron chi connectivity index (χ2n) is 5.49. The van der Waals surface area contributed by atoms with Crippen molar-refractivity contribution in [1.29, 1.82) is 0 Å². The molecule has 2 aromatic rings. The van der Waals surface area contributed by atoms with E-state index in [-0.39, 0.29) is 12.2 Å². The summed E-state index contributed by atoms with van der Waals surface area (Å²) >= 11 is 0. The zero-order valence-electron chi connectivity index (χ0n) is 11.5. The molecule has 2 aromatic carbocycles. The maximum Gasteiger partial charge on any atom is 0.188 e. The Morgan fingerprint density at radius 2 is 1.83 bits per heavy atom. The molecule has 0 N–H and O–H groups in total. The molecule has 2 rings (SSSR count). The van der Waals surface area contributed by atoms with Crippen molar-refractivity contribution < 1.29 is 9.47 Å². The van der Waals surface area contributed by atoms with Gasteiger partial charge in [-0.2, -0.15) is 0 Å². The summed E-state index contributed by atoms with van der Waals surface area (Å²) in [5.41, 5.74) is 1.51. The molecule has 0 bridgehead atoms. The van der Waals surface area contributed by atoms with Gasteiger partial charge in [-0.3, -0.25) is 0 Å². The fourth-order valence-electron chi connectivity index (χ4n) is 2.13. The van der Waals surface area contributed by atoms with Crippen molar-refractivity contribution in [2.45, 2.75) is 26.2 Å². The van der Waals surface area contributed by atoms with Gasteiger partial charge in [0.15, 0.2) is 6.79 Å². The van der Waals surface area contributed by atoms with Gasteiger partial charge in [0.2, 0.25) is 0 Å². The van der Waals surface area contributed by atoms with Gasteiger partial charge in [-0.25, -0.2) is 0 Å². The average molecular weight is 244 g/mol. The van der Waals surface area contributed by atoms with E-state index in [0.717, 1.165) is 5.75 Å². The molecule has 2 nitrogen and oxygen atoms in total. The lowest BCUT2D eigenvalue weighted by Crippen LogP contribution is -2.11. The van der Waals surface area contributed by atoms with Crippen molar-refractivity contribution in [1.82, 2.24) is 0 Å². The van der Waals surface area contributed by atoms with E-state index in [4.69, 9.17) is 9.47 Å². The molecule has 0 fully saturated rings. The molecule has 0 saturated carbocycles. The molecule has 0 unspecified atom stereocenters. The highest BCUT2D eigenvalue weighted by atomic mass is 16.7. The smallest absolute Gasteiger partial charge is 0.188 e. The molecule has 0 aromatic heterocycles. The summed E-state index contributed by atoms with van der Waals surface area (Å²) in [6, 6.07) is 12.6. The fraction of sp³-hybridized carbons (Fsp3) is 0.375. The van der Waals surface area contributed by atoms with E-state index in [0.29, 0.717) is 0 Å². The third kappa shape index (κ3) is 2.65. The summed E-state index contributed by atoms with van der Waals surface area (Å²) in [5, 5.41) is 2.49. The topological polar surface area (TPSA) is 18.5 Å². The van der Waals surface area contributed by atoms with E-state index >= 15 is 0 Å². The molecule has 0 aliphatic rings. The number of benzene rings is 2. The fourth-order valence-corrected chi connectivity index (χ4v) is 2.13. The minimum Gasteiger partial charge on any atom is -0.468 e. The first-order valence-corrected chi connectivity index (χ1v) is 6.17. The van der Waals surface area contributed by atoms with E-state index in [9.17, 15) is 0 Å². The summed E-state index contributed by atoms with van der Waals surface area (Å²) < 4.78 is 10.4. The van der Waals surface area contributed by atoms with Crippen LogP contribution in [0, 0.1) is 0 Å². The molecule has 2 heteroatoms. The normalized spacial score (nSPS) is 11.8. The first-order chi connectivity index (χ1) is 8.52. The molecule has 0 saturated heterocycles. The lowest BCUT2D eigenvalue weighted by molar-refractivity contribution is 0.0512. The van der Waals surface area contributed by atoms with Gasteiger partial charge in [0.25, 0.3) is 0 Å². The second kappa shape index (κ2) is 4.99. The van der Waals surface area contributed by atoms with Crippen LogP contribution in [0.4, 0.5) is 0 Å². The maximum atomic E-state index is 5.47. The summed E-state index contributed by atoms with van der Waals surface area (Å²) in [6.07, 6.45) is 0. The lowest BCUT2D eigenvalue weighted by Gasteiger charge is -2.21. The van der Waals surface area contributed by atoms with Gasteiger partial charge in [0.1, 0.15) is 5.75 Å². The number of hydrogen-bond donors (Lipinski definition) is 0. The minimum atomic E-state index is 0.147. The molecule has 0 atom stereocenters. The van der Waals surface area contributed by atoms with Gasteiger partial charge in [-0.15, -0.1) is 0 Å². The van der Waals surface area contributed by atoms with Crippen LogP contribution in [0.25, 0.3) is 10.8 Å². The van der Waals surface area contributed by atoms with E-state index in [1.165, 1.54) is 16.3 Å². The van der Waals surface area contributed by atoms with Crippen LogP contribution >= 0.6 is 0 Å². The first kappa shape index (κ1) is 12.9. The van der Waals surface area contributed by atoms with Gasteiger partial charge in [-0.1, -0.05) is 45.0 Å². The summed E-state index contributed by atoms with van der Waals surface area (Å²) in [5.74, 6) is 0.843. The minimum absolute atomic E-state index is 0.147. The Labute approximate surface area is 109 Å². The summed E-state index contributed by atoms with van der Waals surface area (Å²) in [7, 11) is 1.62. The second-order valence-corrected chi connectivity index (χ2v) is 5.49. The Morgan fingerprint density at radius 3 is 2.50 bits per heavy atom. The molecule has 18 heavy (non-hydrogen) atoms. The Balaban J connectivity index is 2.47.